The van der Waals surface area contributed by atoms with Gasteiger partial charge in [0, 0.05) is 12.1 Å². The molecule has 3 N–H and O–H groups in total. The molecule has 13 heavy (non-hydrogen) atoms. The van der Waals surface area contributed by atoms with Gasteiger partial charge >= 0.3 is 0 Å². The van der Waals surface area contributed by atoms with Gasteiger partial charge in [0.25, 0.3) is 0 Å². The van der Waals surface area contributed by atoms with Gasteiger partial charge in [-0.05, 0) is 37.8 Å². The molecule has 0 unspecified atom stereocenters. The predicted molar refractivity (Wildman–Crippen MR) is 55.2 cm³/mol. The highest BCUT2D eigenvalue weighted by Gasteiger charge is 2.15. The Kier molecular flexibility index (Phi) is 3.75. The lowest BCUT2D eigenvalue weighted by atomic mass is 9.95. The van der Waals surface area contributed by atoms with Crippen molar-refractivity contribution in [2.45, 2.75) is 32.1 Å². The highest BCUT2D eigenvalue weighted by molar-refractivity contribution is 5.85. The molecule has 4 heteroatoms. The molecule has 3 nitrogen and oxygen atoms in total. The molecule has 1 aliphatic rings. The van der Waals surface area contributed by atoms with Crippen molar-refractivity contribution >= 4 is 12.4 Å². The fourth-order valence-corrected chi connectivity index (χ4v) is 1.89. The number of hydrogen-bond acceptors (Lipinski definition) is 2. The van der Waals surface area contributed by atoms with E-state index in [-0.39, 0.29) is 12.4 Å². The number of halogens is 1. The first-order valence-corrected chi connectivity index (χ1v) is 4.67. The lowest BCUT2D eigenvalue weighted by Gasteiger charge is -2.10. The first-order chi connectivity index (χ1) is 5.92. The summed E-state index contributed by atoms with van der Waals surface area (Å²) in [4.78, 5) is 0. The molecule has 0 saturated heterocycles. The van der Waals surface area contributed by atoms with E-state index in [2.05, 4.69) is 10.2 Å². The van der Waals surface area contributed by atoms with Gasteiger partial charge in [0.2, 0.25) is 0 Å². The summed E-state index contributed by atoms with van der Waals surface area (Å²) >= 11 is 0. The number of nitrogens with one attached hydrogen (secondary N) is 1. The van der Waals surface area contributed by atoms with Crippen molar-refractivity contribution in [3.8, 4) is 0 Å². The van der Waals surface area contributed by atoms with Gasteiger partial charge in [0.05, 0.1) is 5.69 Å². The Bertz CT molecular complexity index is 270. The summed E-state index contributed by atoms with van der Waals surface area (Å²) in [5, 5.41) is 7.39. The number of aryl methyl sites for hydroxylation is 1. The minimum Gasteiger partial charge on any atom is -0.330 e. The van der Waals surface area contributed by atoms with Crippen molar-refractivity contribution in [3.05, 3.63) is 17.0 Å². The standard InChI is InChI=1S/C9H15N3.ClH/c10-6-5-9-7-3-1-2-4-8(7)11-12-9;/h1-6,10H2,(H,11,12);1H. The van der Waals surface area contributed by atoms with E-state index in [1.165, 1.54) is 42.6 Å². The predicted octanol–water partition coefficient (Wildman–Crippen LogP) is 1.21. The Labute approximate surface area is 84.5 Å². The second-order valence-electron chi connectivity index (χ2n) is 3.37. The summed E-state index contributed by atoms with van der Waals surface area (Å²) in [6.07, 6.45) is 5.90. The Hall–Kier alpha value is -0.540. The molecule has 1 aromatic heterocycles. The average molecular weight is 202 g/mol. The number of nitrogens with two attached hydrogens (primary N) is 1. The Morgan fingerprint density at radius 3 is 2.85 bits per heavy atom. The SMILES string of the molecule is Cl.NCCc1n[nH]c2c1CCCC2. The van der Waals surface area contributed by atoms with Gasteiger partial charge in [-0.1, -0.05) is 0 Å². The summed E-state index contributed by atoms with van der Waals surface area (Å²) in [6.45, 7) is 0.706. The maximum Gasteiger partial charge on any atom is 0.0669 e. The van der Waals surface area contributed by atoms with Gasteiger partial charge < -0.3 is 5.73 Å². The second-order valence-corrected chi connectivity index (χ2v) is 3.37. The lowest BCUT2D eigenvalue weighted by molar-refractivity contribution is 0.672. The zero-order valence-electron chi connectivity index (χ0n) is 7.68. The van der Waals surface area contributed by atoms with Crippen molar-refractivity contribution in [1.82, 2.24) is 10.2 Å². The normalized spacial score (nSPS) is 14.8. The molecule has 1 aromatic rings. The Morgan fingerprint density at radius 2 is 2.08 bits per heavy atom. The third kappa shape index (κ3) is 2.03. The number of fused-ring (bicyclic) bond motifs is 1. The van der Waals surface area contributed by atoms with Crippen LogP contribution in [0.15, 0.2) is 0 Å². The summed E-state index contributed by atoms with van der Waals surface area (Å²) in [7, 11) is 0. The minimum absolute atomic E-state index is 0. The number of rotatable bonds is 2. The lowest BCUT2D eigenvalue weighted by Crippen LogP contribution is -2.07. The molecule has 1 aliphatic carbocycles. The van der Waals surface area contributed by atoms with Crippen LogP contribution in [0.25, 0.3) is 0 Å². The number of nitrogens with zero attached hydrogens (tertiary/aromatic N) is 1. The quantitative estimate of drug-likeness (QED) is 0.756. The molecule has 0 bridgehead atoms. The van der Waals surface area contributed by atoms with Crippen LogP contribution < -0.4 is 5.73 Å². The smallest absolute Gasteiger partial charge is 0.0669 e. The van der Waals surface area contributed by atoms with Crippen LogP contribution in [-0.2, 0) is 19.3 Å². The summed E-state index contributed by atoms with van der Waals surface area (Å²) in [6, 6.07) is 0. The van der Waals surface area contributed by atoms with Crippen molar-refractivity contribution in [2.75, 3.05) is 6.54 Å². The van der Waals surface area contributed by atoms with E-state index in [0.717, 1.165) is 6.42 Å². The van der Waals surface area contributed by atoms with Crippen molar-refractivity contribution in [1.29, 1.82) is 0 Å². The number of aromatic nitrogens is 2. The monoisotopic (exact) mass is 201 g/mol. The Morgan fingerprint density at radius 1 is 1.31 bits per heavy atom. The zero-order chi connectivity index (χ0) is 8.39. The maximum atomic E-state index is 5.50. The van der Waals surface area contributed by atoms with Gasteiger partial charge in [-0.2, -0.15) is 5.10 Å². The summed E-state index contributed by atoms with van der Waals surface area (Å²) < 4.78 is 0. The number of aromatic amines is 1. The number of hydrogen-bond donors (Lipinski definition) is 2. The van der Waals surface area contributed by atoms with Crippen LogP contribution in [0.4, 0.5) is 0 Å². The van der Waals surface area contributed by atoms with Crippen LogP contribution in [0.5, 0.6) is 0 Å². The molecule has 0 radical (unpaired) electrons. The van der Waals surface area contributed by atoms with E-state index >= 15 is 0 Å². The van der Waals surface area contributed by atoms with E-state index in [0.29, 0.717) is 6.54 Å². The first-order valence-electron chi connectivity index (χ1n) is 4.67. The van der Waals surface area contributed by atoms with E-state index in [9.17, 15) is 0 Å². The van der Waals surface area contributed by atoms with E-state index in [1.54, 1.807) is 0 Å². The first kappa shape index (κ1) is 10.5. The average Bonchev–Trinajstić information content (AvgIpc) is 2.50. The van der Waals surface area contributed by atoms with Gasteiger partial charge in [0.15, 0.2) is 0 Å². The molecule has 74 valence electrons. The van der Waals surface area contributed by atoms with Crippen LogP contribution in [0.2, 0.25) is 0 Å². The van der Waals surface area contributed by atoms with Crippen LogP contribution in [0.3, 0.4) is 0 Å². The molecule has 2 rings (SSSR count). The van der Waals surface area contributed by atoms with E-state index < -0.39 is 0 Å². The van der Waals surface area contributed by atoms with Crippen molar-refractivity contribution in [2.24, 2.45) is 5.73 Å². The molecular weight excluding hydrogens is 186 g/mol. The highest BCUT2D eigenvalue weighted by atomic mass is 35.5. The molecule has 0 fully saturated rings. The third-order valence-corrected chi connectivity index (χ3v) is 2.52. The molecule has 0 atom stereocenters. The third-order valence-electron chi connectivity index (χ3n) is 2.52. The van der Waals surface area contributed by atoms with Crippen LogP contribution >= 0.6 is 12.4 Å². The Balaban J connectivity index is 0.000000845. The largest absolute Gasteiger partial charge is 0.330 e. The van der Waals surface area contributed by atoms with Gasteiger partial charge in [-0.3, -0.25) is 5.10 Å². The highest BCUT2D eigenvalue weighted by Crippen LogP contribution is 2.21. The molecule has 0 spiro atoms. The van der Waals surface area contributed by atoms with Gasteiger partial charge in [-0.25, -0.2) is 0 Å². The fraction of sp³-hybridized carbons (Fsp3) is 0.667. The van der Waals surface area contributed by atoms with Crippen molar-refractivity contribution in [3.63, 3.8) is 0 Å². The van der Waals surface area contributed by atoms with Crippen LogP contribution in [0.1, 0.15) is 29.8 Å². The maximum absolute atomic E-state index is 5.50. The molecule has 0 saturated carbocycles. The van der Waals surface area contributed by atoms with Crippen LogP contribution in [-0.4, -0.2) is 16.7 Å². The van der Waals surface area contributed by atoms with E-state index in [1.807, 2.05) is 0 Å². The molecule has 0 aliphatic heterocycles. The van der Waals surface area contributed by atoms with E-state index in [4.69, 9.17) is 5.73 Å². The molecule has 1 heterocycles. The van der Waals surface area contributed by atoms with Gasteiger partial charge in [-0.15, -0.1) is 12.4 Å². The summed E-state index contributed by atoms with van der Waals surface area (Å²) in [5.41, 5.74) is 9.50. The topological polar surface area (TPSA) is 54.7 Å². The molecule has 0 aromatic carbocycles. The van der Waals surface area contributed by atoms with Crippen molar-refractivity contribution < 1.29 is 0 Å². The summed E-state index contributed by atoms with van der Waals surface area (Å²) in [5.74, 6) is 0. The zero-order valence-corrected chi connectivity index (χ0v) is 8.49. The fourth-order valence-electron chi connectivity index (χ4n) is 1.89. The number of H-pyrrole nitrogens is 1. The molecular formula is C9H16ClN3. The van der Waals surface area contributed by atoms with Crippen LogP contribution in [0, 0.1) is 0 Å². The molecule has 0 amide bonds. The second kappa shape index (κ2) is 4.63. The minimum atomic E-state index is 0. The van der Waals surface area contributed by atoms with Gasteiger partial charge in [0.1, 0.15) is 0 Å².